The van der Waals surface area contributed by atoms with Gasteiger partial charge < -0.3 is 15.0 Å². The highest BCUT2D eigenvalue weighted by molar-refractivity contribution is 5.95. The number of hydrogen-bond acceptors (Lipinski definition) is 3. The fourth-order valence-electron chi connectivity index (χ4n) is 4.28. The normalized spacial score (nSPS) is 17.3. The summed E-state index contributed by atoms with van der Waals surface area (Å²) in [4.78, 5) is 29.1. The minimum absolute atomic E-state index is 0.0137. The van der Waals surface area contributed by atoms with Crippen molar-refractivity contribution in [3.8, 4) is 5.75 Å². The summed E-state index contributed by atoms with van der Waals surface area (Å²) in [7, 11) is 1.65. The largest absolute Gasteiger partial charge is 0.497 e. The van der Waals surface area contributed by atoms with Crippen molar-refractivity contribution in [2.24, 2.45) is 5.92 Å². The highest BCUT2D eigenvalue weighted by Crippen LogP contribution is 2.27. The molecule has 2 aromatic rings. The van der Waals surface area contributed by atoms with Gasteiger partial charge in [0.05, 0.1) is 7.11 Å². The molecule has 0 unspecified atom stereocenters. The fourth-order valence-corrected chi connectivity index (χ4v) is 4.28. The molecule has 1 saturated carbocycles. The SMILES string of the molecule is COc1ccc(CN2CCCN(c3ccc(NC(=O)C4CCCC4)cc3)C2=O)cc1. The molecule has 2 aromatic carbocycles. The van der Waals surface area contributed by atoms with Crippen LogP contribution >= 0.6 is 0 Å². The van der Waals surface area contributed by atoms with E-state index in [1.165, 1.54) is 0 Å². The Labute approximate surface area is 177 Å². The van der Waals surface area contributed by atoms with E-state index >= 15 is 0 Å². The Bertz CT molecular complexity index is 874. The Balaban J connectivity index is 1.38. The van der Waals surface area contributed by atoms with Crippen LogP contribution in [0, 0.1) is 5.92 Å². The van der Waals surface area contributed by atoms with Crippen LogP contribution in [0.15, 0.2) is 48.5 Å². The third-order valence-electron chi connectivity index (χ3n) is 6.02. The number of urea groups is 1. The van der Waals surface area contributed by atoms with Crippen LogP contribution in [-0.2, 0) is 11.3 Å². The molecule has 1 heterocycles. The molecule has 0 bridgehead atoms. The van der Waals surface area contributed by atoms with Crippen molar-refractivity contribution in [3.05, 3.63) is 54.1 Å². The summed E-state index contributed by atoms with van der Waals surface area (Å²) in [6, 6.07) is 15.4. The van der Waals surface area contributed by atoms with E-state index in [0.717, 1.165) is 61.3 Å². The summed E-state index contributed by atoms with van der Waals surface area (Å²) in [5.41, 5.74) is 2.73. The number of rotatable bonds is 6. The number of carbonyl (C=O) groups excluding carboxylic acids is 2. The maximum Gasteiger partial charge on any atom is 0.324 e. The van der Waals surface area contributed by atoms with Crippen LogP contribution in [-0.4, -0.2) is 37.0 Å². The van der Waals surface area contributed by atoms with Crippen molar-refractivity contribution in [2.45, 2.75) is 38.6 Å². The van der Waals surface area contributed by atoms with Crippen LogP contribution in [0.25, 0.3) is 0 Å². The zero-order valence-electron chi connectivity index (χ0n) is 17.5. The third kappa shape index (κ3) is 4.58. The highest BCUT2D eigenvalue weighted by Gasteiger charge is 2.27. The molecule has 0 radical (unpaired) electrons. The first-order valence-electron chi connectivity index (χ1n) is 10.7. The number of nitrogens with one attached hydrogen (secondary N) is 1. The molecular weight excluding hydrogens is 378 g/mol. The average molecular weight is 408 g/mol. The van der Waals surface area contributed by atoms with Gasteiger partial charge in [0, 0.05) is 36.9 Å². The molecule has 1 aliphatic heterocycles. The van der Waals surface area contributed by atoms with E-state index in [4.69, 9.17) is 4.74 Å². The van der Waals surface area contributed by atoms with E-state index < -0.39 is 0 Å². The number of anilines is 2. The van der Waals surface area contributed by atoms with Gasteiger partial charge in [0.2, 0.25) is 5.91 Å². The lowest BCUT2D eigenvalue weighted by Gasteiger charge is -2.35. The molecule has 0 atom stereocenters. The Morgan fingerprint density at radius 2 is 1.70 bits per heavy atom. The van der Waals surface area contributed by atoms with Gasteiger partial charge in [-0.25, -0.2) is 4.79 Å². The molecular formula is C24H29N3O3. The lowest BCUT2D eigenvalue weighted by atomic mass is 10.1. The summed E-state index contributed by atoms with van der Waals surface area (Å²) in [6.45, 7) is 2.03. The Hall–Kier alpha value is -3.02. The molecule has 1 aliphatic carbocycles. The minimum atomic E-state index is 0.0137. The van der Waals surface area contributed by atoms with Gasteiger partial charge in [0.1, 0.15) is 5.75 Å². The molecule has 1 N–H and O–H groups in total. The number of carbonyl (C=O) groups is 2. The Morgan fingerprint density at radius 3 is 2.37 bits per heavy atom. The molecule has 30 heavy (non-hydrogen) atoms. The second-order valence-electron chi connectivity index (χ2n) is 8.07. The second-order valence-corrected chi connectivity index (χ2v) is 8.07. The predicted octanol–water partition coefficient (Wildman–Crippen LogP) is 4.66. The molecule has 158 valence electrons. The quantitative estimate of drug-likeness (QED) is 0.758. The average Bonchev–Trinajstić information content (AvgIpc) is 3.32. The summed E-state index contributed by atoms with van der Waals surface area (Å²) in [5, 5.41) is 3.01. The fraction of sp³-hybridized carbons (Fsp3) is 0.417. The van der Waals surface area contributed by atoms with Gasteiger partial charge in [-0.15, -0.1) is 0 Å². The van der Waals surface area contributed by atoms with Crippen molar-refractivity contribution in [1.29, 1.82) is 0 Å². The van der Waals surface area contributed by atoms with Crippen LogP contribution < -0.4 is 15.0 Å². The van der Waals surface area contributed by atoms with Crippen molar-refractivity contribution in [1.82, 2.24) is 4.90 Å². The molecule has 3 amide bonds. The summed E-state index contributed by atoms with van der Waals surface area (Å²) < 4.78 is 5.20. The van der Waals surface area contributed by atoms with Crippen LogP contribution in [0.2, 0.25) is 0 Å². The van der Waals surface area contributed by atoms with Crippen LogP contribution in [0.3, 0.4) is 0 Å². The zero-order valence-corrected chi connectivity index (χ0v) is 17.5. The Morgan fingerprint density at radius 1 is 1.00 bits per heavy atom. The van der Waals surface area contributed by atoms with Gasteiger partial charge in [0.25, 0.3) is 0 Å². The standard InChI is InChI=1S/C24H29N3O3/c1-30-22-13-7-18(8-14-22)17-26-15-4-16-27(24(26)29)21-11-9-20(10-12-21)25-23(28)19-5-2-3-6-19/h7-14,19H,2-6,15-17H2,1H3,(H,25,28). The maximum absolute atomic E-state index is 13.0. The number of amides is 3. The molecule has 2 aliphatic rings. The zero-order chi connectivity index (χ0) is 20.9. The second kappa shape index (κ2) is 9.20. The molecule has 6 heteroatoms. The summed E-state index contributed by atoms with van der Waals surface area (Å²) in [5.74, 6) is 1.06. The maximum atomic E-state index is 13.0. The van der Waals surface area contributed by atoms with Crippen LogP contribution in [0.4, 0.5) is 16.2 Å². The van der Waals surface area contributed by atoms with E-state index in [9.17, 15) is 9.59 Å². The third-order valence-corrected chi connectivity index (χ3v) is 6.02. The van der Waals surface area contributed by atoms with Crippen LogP contribution in [0.5, 0.6) is 5.75 Å². The molecule has 0 aromatic heterocycles. The lowest BCUT2D eigenvalue weighted by molar-refractivity contribution is -0.119. The first-order valence-corrected chi connectivity index (χ1v) is 10.7. The highest BCUT2D eigenvalue weighted by atomic mass is 16.5. The predicted molar refractivity (Wildman–Crippen MR) is 118 cm³/mol. The van der Waals surface area contributed by atoms with Gasteiger partial charge in [-0.3, -0.25) is 9.69 Å². The van der Waals surface area contributed by atoms with E-state index in [-0.39, 0.29) is 17.9 Å². The molecule has 2 fully saturated rings. The van der Waals surface area contributed by atoms with Gasteiger partial charge in [-0.2, -0.15) is 0 Å². The number of benzene rings is 2. The molecule has 0 spiro atoms. The van der Waals surface area contributed by atoms with Gasteiger partial charge >= 0.3 is 6.03 Å². The van der Waals surface area contributed by atoms with Crippen molar-refractivity contribution < 1.29 is 14.3 Å². The number of ether oxygens (including phenoxy) is 1. The smallest absolute Gasteiger partial charge is 0.324 e. The summed E-state index contributed by atoms with van der Waals surface area (Å²) >= 11 is 0. The minimum Gasteiger partial charge on any atom is -0.497 e. The van der Waals surface area contributed by atoms with E-state index in [2.05, 4.69) is 5.32 Å². The monoisotopic (exact) mass is 407 g/mol. The number of hydrogen-bond donors (Lipinski definition) is 1. The van der Waals surface area contributed by atoms with Gasteiger partial charge in [-0.05, 0) is 61.2 Å². The van der Waals surface area contributed by atoms with Crippen molar-refractivity contribution in [2.75, 3.05) is 30.4 Å². The number of nitrogens with zero attached hydrogens (tertiary/aromatic N) is 2. The van der Waals surface area contributed by atoms with E-state index in [0.29, 0.717) is 13.1 Å². The van der Waals surface area contributed by atoms with Crippen LogP contribution in [0.1, 0.15) is 37.7 Å². The molecule has 4 rings (SSSR count). The van der Waals surface area contributed by atoms with E-state index in [1.54, 1.807) is 7.11 Å². The van der Waals surface area contributed by atoms with Crippen molar-refractivity contribution in [3.63, 3.8) is 0 Å². The first kappa shape index (κ1) is 20.3. The lowest BCUT2D eigenvalue weighted by Crippen LogP contribution is -2.49. The van der Waals surface area contributed by atoms with Gasteiger partial charge in [0.15, 0.2) is 0 Å². The van der Waals surface area contributed by atoms with Gasteiger partial charge in [-0.1, -0.05) is 25.0 Å². The topological polar surface area (TPSA) is 61.9 Å². The molecule has 1 saturated heterocycles. The van der Waals surface area contributed by atoms with E-state index in [1.807, 2.05) is 58.3 Å². The Kier molecular flexibility index (Phi) is 6.21. The summed E-state index contributed by atoms with van der Waals surface area (Å²) in [6.07, 6.45) is 5.16. The molecule has 6 nitrogen and oxygen atoms in total. The number of methoxy groups -OCH3 is 1. The van der Waals surface area contributed by atoms with Crippen molar-refractivity contribution >= 4 is 23.3 Å². The first-order chi connectivity index (χ1) is 14.6.